The molecule has 1 aromatic heterocycles. The summed E-state index contributed by atoms with van der Waals surface area (Å²) in [7, 11) is 0. The number of nitrogens with two attached hydrogens (primary N) is 1. The molecule has 0 radical (unpaired) electrons. The maximum absolute atomic E-state index is 14.0. The number of nitrogens with zero attached hydrogens (tertiary/aromatic N) is 2. The average Bonchev–Trinajstić information content (AvgIpc) is 2.63. The number of hydrogen-bond acceptors (Lipinski definition) is 6. The third-order valence-corrected chi connectivity index (χ3v) is 3.24. The van der Waals surface area contributed by atoms with Crippen molar-refractivity contribution in [2.75, 3.05) is 12.3 Å². The fraction of sp³-hybridized carbons (Fsp3) is 0.455. The Morgan fingerprint density at radius 1 is 1.74 bits per heavy atom. The normalized spacial score (nSPS) is 34.1. The number of hydrogen-bond donors (Lipinski definition) is 3. The topological polar surface area (TPSA) is 93.5 Å². The molecule has 1 fully saturated rings. The van der Waals surface area contributed by atoms with Gasteiger partial charge in [-0.15, -0.1) is 6.42 Å². The van der Waals surface area contributed by atoms with E-state index in [2.05, 4.69) is 4.98 Å². The van der Waals surface area contributed by atoms with Crippen LogP contribution in [0.15, 0.2) is 12.3 Å². The monoisotopic (exact) mass is 285 g/mol. The van der Waals surface area contributed by atoms with E-state index in [-0.39, 0.29) is 10.6 Å². The second-order valence-electron chi connectivity index (χ2n) is 4.12. The lowest BCUT2D eigenvalue weighted by Gasteiger charge is -2.25. The number of aliphatic hydroxyl groups is 2. The first kappa shape index (κ1) is 13.9. The molecule has 2 heterocycles. The van der Waals surface area contributed by atoms with Crippen molar-refractivity contribution >= 4 is 18.0 Å². The zero-order chi connectivity index (χ0) is 14.2. The number of aliphatic hydroxyl groups excluding tert-OH is 1. The predicted octanol–water partition coefficient (Wildman–Crippen LogP) is -0.213. The van der Waals surface area contributed by atoms with E-state index in [4.69, 9.17) is 34.2 Å². The summed E-state index contributed by atoms with van der Waals surface area (Å²) in [4.78, 5) is 3.80. The van der Waals surface area contributed by atoms with Crippen LogP contribution in [-0.4, -0.2) is 44.2 Å². The second kappa shape index (κ2) is 4.86. The van der Waals surface area contributed by atoms with Crippen LogP contribution in [-0.2, 0) is 4.74 Å². The fourth-order valence-corrected chi connectivity index (χ4v) is 2.19. The Bertz CT molecular complexity index is 587. The molecule has 102 valence electrons. The molecule has 4 atom stereocenters. The van der Waals surface area contributed by atoms with Crippen LogP contribution < -0.4 is 5.73 Å². The van der Waals surface area contributed by atoms with E-state index in [0.29, 0.717) is 0 Å². The van der Waals surface area contributed by atoms with Crippen LogP contribution in [0.1, 0.15) is 6.23 Å². The SMILES string of the molecule is C#CC1(O)C(F)C(CO)OC1n1ccc(N)nc1=S. The zero-order valence-electron chi connectivity index (χ0n) is 9.73. The van der Waals surface area contributed by atoms with E-state index < -0.39 is 30.7 Å². The van der Waals surface area contributed by atoms with Crippen molar-refractivity contribution in [2.45, 2.75) is 24.1 Å². The van der Waals surface area contributed by atoms with Gasteiger partial charge in [0.05, 0.1) is 6.61 Å². The molecule has 2 rings (SSSR count). The van der Waals surface area contributed by atoms with E-state index in [1.54, 1.807) is 0 Å². The molecular formula is C11H12FN3O3S. The van der Waals surface area contributed by atoms with Gasteiger partial charge in [0.15, 0.2) is 12.4 Å². The van der Waals surface area contributed by atoms with Gasteiger partial charge in [0, 0.05) is 6.20 Å². The first-order valence-corrected chi connectivity index (χ1v) is 5.80. The van der Waals surface area contributed by atoms with Gasteiger partial charge in [0.2, 0.25) is 10.4 Å². The Labute approximate surface area is 113 Å². The molecule has 1 saturated heterocycles. The molecule has 0 amide bonds. The van der Waals surface area contributed by atoms with E-state index in [1.165, 1.54) is 16.8 Å². The summed E-state index contributed by atoms with van der Waals surface area (Å²) in [6.45, 7) is -0.614. The van der Waals surface area contributed by atoms with Gasteiger partial charge in [-0.25, -0.2) is 9.37 Å². The van der Waals surface area contributed by atoms with Crippen LogP contribution in [0, 0.1) is 17.1 Å². The maximum atomic E-state index is 14.0. The summed E-state index contributed by atoms with van der Waals surface area (Å²) in [5.74, 6) is 2.14. The molecule has 0 saturated carbocycles. The number of rotatable bonds is 2. The zero-order valence-corrected chi connectivity index (χ0v) is 10.5. The number of ether oxygens (including phenoxy) is 1. The fourth-order valence-electron chi connectivity index (χ4n) is 1.93. The average molecular weight is 285 g/mol. The lowest BCUT2D eigenvalue weighted by Crippen LogP contribution is -2.43. The summed E-state index contributed by atoms with van der Waals surface area (Å²) in [6.07, 6.45) is 2.14. The molecule has 19 heavy (non-hydrogen) atoms. The minimum Gasteiger partial charge on any atom is -0.394 e. The highest BCUT2D eigenvalue weighted by atomic mass is 32.1. The quantitative estimate of drug-likeness (QED) is 0.514. The first-order valence-electron chi connectivity index (χ1n) is 5.39. The van der Waals surface area contributed by atoms with Gasteiger partial charge in [0.25, 0.3) is 0 Å². The Morgan fingerprint density at radius 2 is 2.42 bits per heavy atom. The molecule has 8 heteroatoms. The molecule has 0 spiro atoms. The van der Waals surface area contributed by atoms with Crippen molar-refractivity contribution < 1.29 is 19.3 Å². The number of halogens is 1. The van der Waals surface area contributed by atoms with E-state index in [0.717, 1.165) is 0 Å². The minimum absolute atomic E-state index is 0.00975. The molecule has 0 bridgehead atoms. The molecule has 4 N–H and O–H groups in total. The number of alkyl halides is 1. The highest BCUT2D eigenvalue weighted by Crippen LogP contribution is 2.39. The lowest BCUT2D eigenvalue weighted by molar-refractivity contribution is -0.0739. The van der Waals surface area contributed by atoms with Crippen molar-refractivity contribution in [3.63, 3.8) is 0 Å². The van der Waals surface area contributed by atoms with E-state index in [9.17, 15) is 9.50 Å². The van der Waals surface area contributed by atoms with Crippen LogP contribution in [0.3, 0.4) is 0 Å². The molecule has 4 unspecified atom stereocenters. The van der Waals surface area contributed by atoms with Crippen molar-refractivity contribution in [2.24, 2.45) is 0 Å². The van der Waals surface area contributed by atoms with Gasteiger partial charge in [-0.05, 0) is 18.3 Å². The predicted molar refractivity (Wildman–Crippen MR) is 67.1 cm³/mol. The first-order chi connectivity index (χ1) is 8.93. The minimum atomic E-state index is -2.23. The van der Waals surface area contributed by atoms with Crippen LogP contribution in [0.5, 0.6) is 0 Å². The Kier molecular flexibility index (Phi) is 3.56. The van der Waals surface area contributed by atoms with Gasteiger partial charge in [0.1, 0.15) is 11.9 Å². The molecule has 0 aromatic carbocycles. The highest BCUT2D eigenvalue weighted by molar-refractivity contribution is 7.71. The summed E-state index contributed by atoms with van der Waals surface area (Å²) in [5.41, 5.74) is 3.23. The van der Waals surface area contributed by atoms with Gasteiger partial charge >= 0.3 is 0 Å². The summed E-state index contributed by atoms with van der Waals surface area (Å²) >= 11 is 4.97. The second-order valence-corrected chi connectivity index (χ2v) is 4.49. The van der Waals surface area contributed by atoms with Crippen LogP contribution >= 0.6 is 12.2 Å². The van der Waals surface area contributed by atoms with Gasteiger partial charge in [-0.1, -0.05) is 5.92 Å². The third-order valence-electron chi connectivity index (χ3n) is 2.94. The molecule has 1 aliphatic rings. The van der Waals surface area contributed by atoms with Gasteiger partial charge in [-0.3, -0.25) is 4.57 Å². The molecule has 6 nitrogen and oxygen atoms in total. The van der Waals surface area contributed by atoms with Crippen LogP contribution in [0.25, 0.3) is 0 Å². The van der Waals surface area contributed by atoms with E-state index in [1.807, 2.05) is 5.92 Å². The maximum Gasteiger partial charge on any atom is 0.204 e. The summed E-state index contributed by atoms with van der Waals surface area (Å²) in [5, 5.41) is 19.2. The van der Waals surface area contributed by atoms with Crippen molar-refractivity contribution in [3.8, 4) is 12.3 Å². The molecule has 1 aromatic rings. The van der Waals surface area contributed by atoms with Gasteiger partial charge in [-0.2, -0.15) is 0 Å². The largest absolute Gasteiger partial charge is 0.394 e. The number of terminal acetylenes is 1. The van der Waals surface area contributed by atoms with Gasteiger partial charge < -0.3 is 20.7 Å². The third kappa shape index (κ3) is 2.11. The molecule has 1 aliphatic heterocycles. The van der Waals surface area contributed by atoms with Crippen molar-refractivity contribution in [3.05, 3.63) is 17.0 Å². The Hall–Kier alpha value is -1.53. The molecule has 0 aliphatic carbocycles. The highest BCUT2D eigenvalue weighted by Gasteiger charge is 2.56. The number of nitrogen functional groups attached to an aromatic ring is 1. The number of aromatic nitrogens is 2. The van der Waals surface area contributed by atoms with Crippen molar-refractivity contribution in [1.82, 2.24) is 9.55 Å². The van der Waals surface area contributed by atoms with Crippen LogP contribution in [0.2, 0.25) is 0 Å². The summed E-state index contributed by atoms with van der Waals surface area (Å²) in [6, 6.07) is 1.41. The van der Waals surface area contributed by atoms with Crippen molar-refractivity contribution in [1.29, 1.82) is 0 Å². The smallest absolute Gasteiger partial charge is 0.204 e. The lowest BCUT2D eigenvalue weighted by atomic mass is 9.96. The Morgan fingerprint density at radius 3 is 2.95 bits per heavy atom. The summed E-state index contributed by atoms with van der Waals surface area (Å²) < 4.78 is 20.4. The standard InChI is InChI=1S/C11H12FN3O3S/c1-2-11(17)8(12)6(5-16)18-9(11)15-4-3-7(13)14-10(15)19/h1,3-4,6,8-9,16-17H,5H2,(H2,13,14,19). The number of anilines is 1. The Balaban J connectivity index is 2.49. The van der Waals surface area contributed by atoms with E-state index >= 15 is 0 Å². The van der Waals surface area contributed by atoms with Crippen LogP contribution in [0.4, 0.5) is 10.2 Å². The molecular weight excluding hydrogens is 273 g/mol.